The molecule has 0 spiro atoms. The largest absolute Gasteiger partial charge is 0.385 e. The van der Waals surface area contributed by atoms with Gasteiger partial charge in [0.05, 0.1) is 17.5 Å². The summed E-state index contributed by atoms with van der Waals surface area (Å²) < 4.78 is 36.6. The van der Waals surface area contributed by atoms with Gasteiger partial charge in [-0.2, -0.15) is 0 Å². The number of piperidine rings is 1. The number of likely N-dealkylation sites (tertiary alicyclic amines) is 1. The first-order chi connectivity index (χ1) is 14.4. The van der Waals surface area contributed by atoms with Crippen molar-refractivity contribution in [2.24, 2.45) is 4.99 Å². The number of hydrogen-bond acceptors (Lipinski definition) is 5. The Morgan fingerprint density at radius 3 is 2.43 bits per heavy atom. The summed E-state index contributed by atoms with van der Waals surface area (Å²) in [6, 6.07) is 6.92. The minimum absolute atomic E-state index is 0.291. The molecule has 1 aliphatic heterocycles. The van der Waals surface area contributed by atoms with Crippen LogP contribution in [0.2, 0.25) is 0 Å². The van der Waals surface area contributed by atoms with Crippen LogP contribution in [0.15, 0.2) is 34.2 Å². The minimum Gasteiger partial charge on any atom is -0.385 e. The molecule has 0 atom stereocenters. The van der Waals surface area contributed by atoms with Gasteiger partial charge in [-0.05, 0) is 43.9 Å². The number of guanidine groups is 1. The number of rotatable bonds is 10. The lowest BCUT2D eigenvalue weighted by molar-refractivity contribution is 0.00990. The van der Waals surface area contributed by atoms with E-state index in [0.717, 1.165) is 63.6 Å². The van der Waals surface area contributed by atoms with Gasteiger partial charge in [0.1, 0.15) is 0 Å². The summed E-state index contributed by atoms with van der Waals surface area (Å²) in [5, 5.41) is 3.36. The molecular formula is C21H36N4O4S. The molecule has 1 N–H and O–H groups in total. The van der Waals surface area contributed by atoms with Crippen LogP contribution >= 0.6 is 0 Å². The number of sulfonamides is 1. The third-order valence-corrected chi connectivity index (χ3v) is 6.87. The molecule has 9 heteroatoms. The normalized spacial score (nSPS) is 16.3. The number of methoxy groups -OCH3 is 1. The fourth-order valence-electron chi connectivity index (χ4n) is 3.26. The maximum atomic E-state index is 12.2. The van der Waals surface area contributed by atoms with Gasteiger partial charge in [0, 0.05) is 54.1 Å². The zero-order chi connectivity index (χ0) is 22.0. The van der Waals surface area contributed by atoms with E-state index in [-0.39, 0.29) is 0 Å². The van der Waals surface area contributed by atoms with Gasteiger partial charge >= 0.3 is 0 Å². The Labute approximate surface area is 181 Å². The Bertz CT molecular complexity index is 758. The molecule has 1 saturated heterocycles. The fraction of sp³-hybridized carbons (Fsp3) is 0.667. The molecule has 1 aromatic carbocycles. The van der Waals surface area contributed by atoms with Crippen molar-refractivity contribution in [3.8, 4) is 0 Å². The molecular weight excluding hydrogens is 404 g/mol. The van der Waals surface area contributed by atoms with Gasteiger partial charge in [-0.25, -0.2) is 17.7 Å². The van der Waals surface area contributed by atoms with Gasteiger partial charge in [-0.15, -0.1) is 0 Å². The maximum absolute atomic E-state index is 12.2. The molecule has 1 fully saturated rings. The quantitative estimate of drug-likeness (QED) is 0.340. The van der Waals surface area contributed by atoms with Crippen LogP contribution in [0.25, 0.3) is 0 Å². The first-order valence-electron chi connectivity index (χ1n) is 10.5. The minimum atomic E-state index is -3.41. The van der Waals surface area contributed by atoms with Crippen molar-refractivity contribution in [2.75, 3.05) is 54.1 Å². The predicted octanol–water partition coefficient (Wildman–Crippen LogP) is 1.92. The Kier molecular flexibility index (Phi) is 10.0. The fourth-order valence-corrected chi connectivity index (χ4v) is 4.16. The number of aliphatic imine (C=N–C) groups is 1. The zero-order valence-corrected chi connectivity index (χ0v) is 19.5. The third-order valence-electron chi connectivity index (χ3n) is 5.04. The number of hydrogen-bond donors (Lipinski definition) is 1. The Morgan fingerprint density at radius 1 is 1.20 bits per heavy atom. The Hall–Kier alpha value is -1.68. The van der Waals surface area contributed by atoms with Crippen LogP contribution in [-0.4, -0.2) is 83.7 Å². The van der Waals surface area contributed by atoms with Gasteiger partial charge < -0.3 is 19.7 Å². The van der Waals surface area contributed by atoms with Crippen LogP contribution < -0.4 is 5.32 Å². The van der Waals surface area contributed by atoms with E-state index in [1.165, 1.54) is 18.4 Å². The molecule has 0 radical (unpaired) electrons. The van der Waals surface area contributed by atoms with Crippen molar-refractivity contribution < 1.29 is 17.9 Å². The van der Waals surface area contributed by atoms with E-state index in [1.54, 1.807) is 19.2 Å². The summed E-state index contributed by atoms with van der Waals surface area (Å²) in [7, 11) is 1.36. The second-order valence-electron chi connectivity index (χ2n) is 7.51. The maximum Gasteiger partial charge on any atom is 0.242 e. The van der Waals surface area contributed by atoms with Gasteiger partial charge in [0.25, 0.3) is 0 Å². The predicted molar refractivity (Wildman–Crippen MR) is 119 cm³/mol. The summed E-state index contributed by atoms with van der Waals surface area (Å²) in [5.41, 5.74) is 0.972. The van der Waals surface area contributed by atoms with Gasteiger partial charge in [-0.1, -0.05) is 12.1 Å². The lowest BCUT2D eigenvalue weighted by atomic mass is 10.1. The van der Waals surface area contributed by atoms with Crippen molar-refractivity contribution in [3.63, 3.8) is 0 Å². The van der Waals surface area contributed by atoms with Crippen molar-refractivity contribution in [1.82, 2.24) is 14.5 Å². The summed E-state index contributed by atoms with van der Waals surface area (Å²) in [5.74, 6) is 0.889. The summed E-state index contributed by atoms with van der Waals surface area (Å²) in [4.78, 5) is 7.32. The SMILES string of the molecule is CCNC(=NCc1ccc(S(=O)(=O)N(C)C)cc1)N1CCC(OCCCOC)CC1. The van der Waals surface area contributed by atoms with Crippen molar-refractivity contribution in [2.45, 2.75) is 43.7 Å². The van der Waals surface area contributed by atoms with Gasteiger partial charge in [0.2, 0.25) is 10.0 Å². The zero-order valence-electron chi connectivity index (χ0n) is 18.6. The highest BCUT2D eigenvalue weighted by Gasteiger charge is 2.22. The molecule has 0 saturated carbocycles. The molecule has 170 valence electrons. The molecule has 8 nitrogen and oxygen atoms in total. The molecule has 0 aromatic heterocycles. The monoisotopic (exact) mass is 440 g/mol. The van der Waals surface area contributed by atoms with Gasteiger partial charge in [0.15, 0.2) is 5.96 Å². The molecule has 0 aliphatic carbocycles. The molecule has 1 aromatic rings. The highest BCUT2D eigenvalue weighted by molar-refractivity contribution is 7.89. The standard InChI is InChI=1S/C21H36N4O4S/c1-5-22-21(25-13-11-19(12-14-25)29-16-6-15-28-4)23-17-18-7-9-20(10-8-18)30(26,27)24(2)3/h7-10,19H,5-6,11-17H2,1-4H3,(H,22,23). The van der Waals surface area contributed by atoms with Gasteiger partial charge in [-0.3, -0.25) is 0 Å². The second kappa shape index (κ2) is 12.2. The van der Waals surface area contributed by atoms with Crippen molar-refractivity contribution in [1.29, 1.82) is 0 Å². The topological polar surface area (TPSA) is 83.5 Å². The summed E-state index contributed by atoms with van der Waals surface area (Å²) in [6.45, 7) is 6.64. The Balaban J connectivity index is 1.92. The lowest BCUT2D eigenvalue weighted by Gasteiger charge is -2.34. The molecule has 0 bridgehead atoms. The first-order valence-corrected chi connectivity index (χ1v) is 12.0. The lowest BCUT2D eigenvalue weighted by Crippen LogP contribution is -2.47. The van der Waals surface area contributed by atoms with Crippen LogP contribution in [-0.2, 0) is 26.0 Å². The number of benzene rings is 1. The van der Waals surface area contributed by atoms with Crippen LogP contribution in [0.5, 0.6) is 0 Å². The summed E-state index contributed by atoms with van der Waals surface area (Å²) >= 11 is 0. The highest BCUT2D eigenvalue weighted by atomic mass is 32.2. The van der Waals surface area contributed by atoms with E-state index in [0.29, 0.717) is 17.5 Å². The molecule has 1 heterocycles. The van der Waals surface area contributed by atoms with E-state index >= 15 is 0 Å². The van der Waals surface area contributed by atoms with Crippen LogP contribution in [0, 0.1) is 0 Å². The highest BCUT2D eigenvalue weighted by Crippen LogP contribution is 2.16. The summed E-state index contributed by atoms with van der Waals surface area (Å²) in [6.07, 6.45) is 3.19. The number of ether oxygens (including phenoxy) is 2. The van der Waals surface area contributed by atoms with E-state index in [2.05, 4.69) is 17.1 Å². The molecule has 1 aliphatic rings. The molecule has 0 amide bonds. The average Bonchev–Trinajstić information content (AvgIpc) is 2.75. The molecule has 2 rings (SSSR count). The van der Waals surface area contributed by atoms with Crippen LogP contribution in [0.3, 0.4) is 0 Å². The smallest absolute Gasteiger partial charge is 0.242 e. The molecule has 30 heavy (non-hydrogen) atoms. The number of nitrogens with one attached hydrogen (secondary N) is 1. The van der Waals surface area contributed by atoms with E-state index < -0.39 is 10.0 Å². The van der Waals surface area contributed by atoms with E-state index in [4.69, 9.17) is 14.5 Å². The Morgan fingerprint density at radius 2 is 1.87 bits per heavy atom. The van der Waals surface area contributed by atoms with Crippen LogP contribution in [0.4, 0.5) is 0 Å². The van der Waals surface area contributed by atoms with E-state index in [1.807, 2.05) is 12.1 Å². The molecule has 0 unspecified atom stereocenters. The average molecular weight is 441 g/mol. The van der Waals surface area contributed by atoms with Crippen molar-refractivity contribution in [3.05, 3.63) is 29.8 Å². The van der Waals surface area contributed by atoms with E-state index in [9.17, 15) is 8.42 Å². The number of nitrogens with zero attached hydrogens (tertiary/aromatic N) is 3. The van der Waals surface area contributed by atoms with Crippen LogP contribution in [0.1, 0.15) is 31.7 Å². The first kappa shape index (κ1) is 24.6. The second-order valence-corrected chi connectivity index (χ2v) is 9.66. The third kappa shape index (κ3) is 7.23. The van der Waals surface area contributed by atoms with Crippen molar-refractivity contribution >= 4 is 16.0 Å².